The minimum atomic E-state index is 0.924. The van der Waals surface area contributed by atoms with Gasteiger partial charge in [-0.2, -0.15) is 0 Å². The summed E-state index contributed by atoms with van der Waals surface area (Å²) in [4.78, 5) is 0. The van der Waals surface area contributed by atoms with E-state index in [1.54, 1.807) is 0 Å². The van der Waals surface area contributed by atoms with Gasteiger partial charge >= 0.3 is 0 Å². The van der Waals surface area contributed by atoms with Crippen LogP contribution >= 0.6 is 0 Å². The Morgan fingerprint density at radius 2 is 1.11 bits per heavy atom. The van der Waals surface area contributed by atoms with Crippen LogP contribution in [0, 0.1) is 0 Å². The fraction of sp³-hybridized carbons (Fsp3) is 0. The average molecular weight is 445 g/mol. The highest BCUT2D eigenvalue weighted by molar-refractivity contribution is 6.22. The lowest BCUT2D eigenvalue weighted by atomic mass is 9.86. The molecular weight excluding hydrogens is 424 g/mol. The van der Waals surface area contributed by atoms with Crippen LogP contribution in [0.3, 0.4) is 0 Å². The maximum Gasteiger partial charge on any atom is 0.143 e. The molecule has 0 aromatic heterocycles. The van der Waals surface area contributed by atoms with Gasteiger partial charge in [0, 0.05) is 16.3 Å². The zero-order chi connectivity index (χ0) is 22.9. The van der Waals surface area contributed by atoms with Crippen LogP contribution in [0.2, 0.25) is 0 Å². The van der Waals surface area contributed by atoms with E-state index in [9.17, 15) is 0 Å². The normalized spacial score (nSPS) is 12.2. The minimum absolute atomic E-state index is 0.924. The number of benzene rings is 7. The Kier molecular flexibility index (Phi) is 3.72. The summed E-state index contributed by atoms with van der Waals surface area (Å²) in [6.07, 6.45) is 0. The lowest BCUT2D eigenvalue weighted by molar-refractivity contribution is 0.493. The maximum absolute atomic E-state index is 6.73. The van der Waals surface area contributed by atoms with E-state index >= 15 is 0 Å². The Bertz CT molecular complexity index is 1980. The van der Waals surface area contributed by atoms with Crippen molar-refractivity contribution in [2.24, 2.45) is 0 Å². The highest BCUT2D eigenvalue weighted by atomic mass is 16.5. The third-order valence-electron chi connectivity index (χ3n) is 7.43. The molecule has 0 amide bonds. The van der Waals surface area contributed by atoms with Crippen molar-refractivity contribution >= 4 is 43.1 Å². The molecule has 7 aromatic rings. The molecule has 1 heteroatoms. The second-order valence-electron chi connectivity index (χ2n) is 9.30. The van der Waals surface area contributed by atoms with Crippen molar-refractivity contribution in [3.63, 3.8) is 0 Å². The van der Waals surface area contributed by atoms with Gasteiger partial charge in [-0.3, -0.25) is 0 Å². The fourth-order valence-electron chi connectivity index (χ4n) is 5.87. The van der Waals surface area contributed by atoms with Gasteiger partial charge in [-0.05, 0) is 61.1 Å². The molecule has 7 aromatic carbocycles. The zero-order valence-corrected chi connectivity index (χ0v) is 19.0. The van der Waals surface area contributed by atoms with E-state index in [2.05, 4.69) is 121 Å². The largest absolute Gasteiger partial charge is 0.455 e. The lowest BCUT2D eigenvalue weighted by Gasteiger charge is -2.25. The van der Waals surface area contributed by atoms with Crippen LogP contribution in [0.15, 0.2) is 121 Å². The maximum atomic E-state index is 6.73. The Hall–Kier alpha value is -4.62. The molecule has 0 aliphatic carbocycles. The van der Waals surface area contributed by atoms with Crippen molar-refractivity contribution in [3.05, 3.63) is 121 Å². The van der Waals surface area contributed by atoms with Crippen molar-refractivity contribution in [3.8, 4) is 33.8 Å². The van der Waals surface area contributed by atoms with E-state index in [1.165, 1.54) is 60.0 Å². The molecule has 1 heterocycles. The molecule has 1 nitrogen and oxygen atoms in total. The number of rotatable bonds is 1. The third-order valence-corrected chi connectivity index (χ3v) is 7.43. The van der Waals surface area contributed by atoms with E-state index in [-0.39, 0.29) is 0 Å². The van der Waals surface area contributed by atoms with Crippen LogP contribution in [-0.4, -0.2) is 0 Å². The number of hydrogen-bond acceptors (Lipinski definition) is 1. The fourth-order valence-corrected chi connectivity index (χ4v) is 5.87. The van der Waals surface area contributed by atoms with Gasteiger partial charge in [0.05, 0.1) is 0 Å². The van der Waals surface area contributed by atoms with Gasteiger partial charge in [0.1, 0.15) is 11.5 Å². The molecule has 0 unspecified atom stereocenters. The molecule has 8 rings (SSSR count). The summed E-state index contributed by atoms with van der Waals surface area (Å²) >= 11 is 0. The van der Waals surface area contributed by atoms with Gasteiger partial charge in [0.2, 0.25) is 0 Å². The van der Waals surface area contributed by atoms with Gasteiger partial charge in [-0.15, -0.1) is 0 Å². The first-order valence-electron chi connectivity index (χ1n) is 12.0. The molecule has 35 heavy (non-hydrogen) atoms. The van der Waals surface area contributed by atoms with Gasteiger partial charge in [-0.1, -0.05) is 109 Å². The molecule has 0 saturated carbocycles. The highest BCUT2D eigenvalue weighted by Gasteiger charge is 2.25. The van der Waals surface area contributed by atoms with E-state index in [0.717, 1.165) is 16.9 Å². The van der Waals surface area contributed by atoms with Crippen molar-refractivity contribution in [2.45, 2.75) is 0 Å². The first-order valence-corrected chi connectivity index (χ1v) is 12.0. The van der Waals surface area contributed by atoms with Crippen LogP contribution in [0.1, 0.15) is 0 Å². The van der Waals surface area contributed by atoms with Crippen LogP contribution in [-0.2, 0) is 0 Å². The summed E-state index contributed by atoms with van der Waals surface area (Å²) in [5, 5.41) is 9.79. The summed E-state index contributed by atoms with van der Waals surface area (Å²) in [7, 11) is 0. The molecule has 0 fully saturated rings. The summed E-state index contributed by atoms with van der Waals surface area (Å²) in [5.41, 5.74) is 4.88. The van der Waals surface area contributed by atoms with Crippen LogP contribution in [0.4, 0.5) is 0 Å². The molecule has 1 aliphatic heterocycles. The molecule has 1 aliphatic rings. The molecule has 0 atom stereocenters. The Labute approximate surface area is 202 Å². The van der Waals surface area contributed by atoms with E-state index in [1.807, 2.05) is 0 Å². The topological polar surface area (TPSA) is 9.23 Å². The lowest BCUT2D eigenvalue weighted by Crippen LogP contribution is -2.00. The number of ether oxygens (including phenoxy) is 1. The average Bonchev–Trinajstić information content (AvgIpc) is 2.93. The second-order valence-corrected chi connectivity index (χ2v) is 9.30. The highest BCUT2D eigenvalue weighted by Crippen LogP contribution is 2.53. The predicted molar refractivity (Wildman–Crippen MR) is 147 cm³/mol. The monoisotopic (exact) mass is 444 g/mol. The molecule has 0 N–H and O–H groups in total. The van der Waals surface area contributed by atoms with Gasteiger partial charge < -0.3 is 4.74 Å². The Morgan fingerprint density at radius 3 is 1.97 bits per heavy atom. The number of hydrogen-bond donors (Lipinski definition) is 0. The first kappa shape index (κ1) is 18.8. The summed E-state index contributed by atoms with van der Waals surface area (Å²) in [5.74, 6) is 1.88. The third kappa shape index (κ3) is 2.58. The van der Waals surface area contributed by atoms with E-state index in [0.29, 0.717) is 0 Å². The Balaban J connectivity index is 1.48. The molecule has 0 spiro atoms. The molecule has 0 saturated heterocycles. The molecule has 0 bridgehead atoms. The van der Waals surface area contributed by atoms with Crippen molar-refractivity contribution in [1.29, 1.82) is 0 Å². The van der Waals surface area contributed by atoms with Gasteiger partial charge in [0.15, 0.2) is 0 Å². The first-order chi connectivity index (χ1) is 17.4. The molecule has 0 radical (unpaired) electrons. The van der Waals surface area contributed by atoms with Crippen molar-refractivity contribution < 1.29 is 4.74 Å². The number of fused-ring (bicyclic) bond motifs is 8. The smallest absolute Gasteiger partial charge is 0.143 e. The standard InChI is InChI=1S/C34H20O/c1-2-9-22-20-23(17-16-21(22)8-1)24-18-19-31-32-27(24)14-7-15-30(32)33-28-12-5-3-10-25(28)26-11-4-6-13-29(26)34(33)35-31/h1-20H. The van der Waals surface area contributed by atoms with E-state index < -0.39 is 0 Å². The van der Waals surface area contributed by atoms with Crippen LogP contribution in [0.25, 0.3) is 65.3 Å². The molecular formula is C34H20O. The Morgan fingerprint density at radius 1 is 0.429 bits per heavy atom. The SMILES string of the molecule is c1ccc2cc(-c3ccc4c5c(cccc35)-c3c(c5ccccc5c5ccccc35)O4)ccc2c1. The zero-order valence-electron chi connectivity index (χ0n) is 19.0. The second kappa shape index (κ2) is 6.94. The predicted octanol–water partition coefficient (Wildman–Crippen LogP) is 9.74. The summed E-state index contributed by atoms with van der Waals surface area (Å²) < 4.78 is 6.73. The van der Waals surface area contributed by atoms with Crippen molar-refractivity contribution in [1.82, 2.24) is 0 Å². The molecule has 162 valence electrons. The van der Waals surface area contributed by atoms with Gasteiger partial charge in [0.25, 0.3) is 0 Å². The minimum Gasteiger partial charge on any atom is -0.455 e. The summed E-state index contributed by atoms with van der Waals surface area (Å²) in [6, 6.07) is 43.5. The summed E-state index contributed by atoms with van der Waals surface area (Å²) in [6.45, 7) is 0. The van der Waals surface area contributed by atoms with Crippen molar-refractivity contribution in [2.75, 3.05) is 0 Å². The van der Waals surface area contributed by atoms with Gasteiger partial charge in [-0.25, -0.2) is 0 Å². The van der Waals surface area contributed by atoms with Crippen LogP contribution < -0.4 is 4.74 Å². The quantitative estimate of drug-likeness (QED) is 0.229. The van der Waals surface area contributed by atoms with Crippen LogP contribution in [0.5, 0.6) is 11.5 Å². The van der Waals surface area contributed by atoms with E-state index in [4.69, 9.17) is 4.74 Å².